The highest BCUT2D eigenvalue weighted by Gasteiger charge is 2.12. The van der Waals surface area contributed by atoms with E-state index in [2.05, 4.69) is 38.3 Å². The van der Waals surface area contributed by atoms with Crippen LogP contribution >= 0.6 is 0 Å². The number of aliphatic hydroxyl groups excluding tert-OH is 1. The van der Waals surface area contributed by atoms with Gasteiger partial charge in [0.25, 0.3) is 0 Å². The maximum atomic E-state index is 10.1. The molecule has 0 heterocycles. The predicted octanol–water partition coefficient (Wildman–Crippen LogP) is 1.55. The summed E-state index contributed by atoms with van der Waals surface area (Å²) in [6.07, 6.45) is 4.28. The molecule has 0 saturated heterocycles. The van der Waals surface area contributed by atoms with Gasteiger partial charge in [-0.25, -0.2) is 0 Å². The normalized spacial score (nSPS) is 18.1. The highest BCUT2D eigenvalue weighted by molar-refractivity contribution is 4.70. The molecule has 24 heavy (non-hydrogen) atoms. The zero-order chi connectivity index (χ0) is 18.4. The fourth-order valence-electron chi connectivity index (χ4n) is 3.23. The largest absolute Gasteiger partial charge is 0.390 e. The first-order valence-electron chi connectivity index (χ1n) is 9.96. The van der Waals surface area contributed by atoms with Crippen molar-refractivity contribution in [2.24, 2.45) is 35.1 Å². The fraction of sp³-hybridized carbons (Fsp3) is 1.00. The minimum absolute atomic E-state index is 0.336. The van der Waals surface area contributed by atoms with Gasteiger partial charge in [-0.15, -0.1) is 0 Å². The molecule has 0 amide bonds. The Bertz CT molecular complexity index is 244. The Kier molecular flexibility index (Phi) is 15.0. The molecule has 4 unspecified atom stereocenters. The third kappa shape index (κ3) is 12.2. The Labute approximate surface area is 150 Å². The second-order valence-corrected chi connectivity index (χ2v) is 7.67. The second-order valence-electron chi connectivity index (χ2n) is 7.67. The molecule has 7 N–H and O–H groups in total. The van der Waals surface area contributed by atoms with E-state index in [0.717, 1.165) is 51.9 Å². The summed E-state index contributed by atoms with van der Waals surface area (Å²) in [6, 6.07) is 0. The van der Waals surface area contributed by atoms with Crippen molar-refractivity contribution in [2.45, 2.75) is 59.5 Å². The Morgan fingerprint density at radius 3 is 1.42 bits per heavy atom. The molecule has 0 fully saturated rings. The summed E-state index contributed by atoms with van der Waals surface area (Å²) in [7, 11) is 0. The summed E-state index contributed by atoms with van der Waals surface area (Å²) in [4.78, 5) is 0. The summed E-state index contributed by atoms with van der Waals surface area (Å²) < 4.78 is 0. The van der Waals surface area contributed by atoms with Crippen molar-refractivity contribution in [3.8, 4) is 0 Å². The molecule has 0 aliphatic heterocycles. The highest BCUT2D eigenvalue weighted by Crippen LogP contribution is 2.14. The Morgan fingerprint density at radius 2 is 1.12 bits per heavy atom. The van der Waals surface area contributed by atoms with Crippen molar-refractivity contribution in [3.05, 3.63) is 0 Å². The first-order valence-corrected chi connectivity index (χ1v) is 9.96. The van der Waals surface area contributed by atoms with Gasteiger partial charge >= 0.3 is 0 Å². The zero-order valence-electron chi connectivity index (χ0n) is 16.6. The Balaban J connectivity index is 3.70. The highest BCUT2D eigenvalue weighted by atomic mass is 16.3. The van der Waals surface area contributed by atoms with E-state index in [0.29, 0.717) is 36.8 Å². The van der Waals surface area contributed by atoms with E-state index in [1.807, 2.05) is 0 Å². The number of rotatable bonds is 16. The van der Waals surface area contributed by atoms with Gasteiger partial charge in [-0.1, -0.05) is 40.5 Å². The maximum absolute atomic E-state index is 10.1. The van der Waals surface area contributed by atoms with Gasteiger partial charge in [-0.05, 0) is 62.7 Å². The molecule has 0 aliphatic rings. The fourth-order valence-corrected chi connectivity index (χ4v) is 3.23. The molecule has 0 spiro atoms. The third-order valence-electron chi connectivity index (χ3n) is 5.04. The van der Waals surface area contributed by atoms with Crippen molar-refractivity contribution in [2.75, 3.05) is 39.3 Å². The van der Waals surface area contributed by atoms with Gasteiger partial charge in [0.2, 0.25) is 0 Å². The minimum atomic E-state index is -0.336. The SMILES string of the molecule is CCC(CN)CC(C)CNCC(O)CNCC(C)CC(CC)CN. The molecule has 5 nitrogen and oxygen atoms in total. The maximum Gasteiger partial charge on any atom is 0.0788 e. The Hall–Kier alpha value is -0.200. The van der Waals surface area contributed by atoms with Crippen LogP contribution in [0.1, 0.15) is 53.4 Å². The summed E-state index contributed by atoms with van der Waals surface area (Å²) in [6.45, 7) is 13.6. The van der Waals surface area contributed by atoms with Gasteiger partial charge in [-0.3, -0.25) is 0 Å². The van der Waals surface area contributed by atoms with Crippen molar-refractivity contribution < 1.29 is 5.11 Å². The summed E-state index contributed by atoms with van der Waals surface area (Å²) in [5.41, 5.74) is 11.5. The zero-order valence-corrected chi connectivity index (χ0v) is 16.6. The average molecular weight is 345 g/mol. The van der Waals surface area contributed by atoms with Crippen molar-refractivity contribution >= 4 is 0 Å². The molecule has 0 radical (unpaired) electrons. The van der Waals surface area contributed by atoms with Crippen LogP contribution in [0.15, 0.2) is 0 Å². The van der Waals surface area contributed by atoms with Gasteiger partial charge in [0, 0.05) is 13.1 Å². The van der Waals surface area contributed by atoms with Crippen LogP contribution in [0.25, 0.3) is 0 Å². The molecule has 0 saturated carbocycles. The van der Waals surface area contributed by atoms with Crippen molar-refractivity contribution in [1.29, 1.82) is 0 Å². The molecule has 0 aromatic carbocycles. The van der Waals surface area contributed by atoms with Crippen LogP contribution in [0.3, 0.4) is 0 Å². The van der Waals surface area contributed by atoms with Crippen LogP contribution in [0, 0.1) is 23.7 Å². The van der Waals surface area contributed by atoms with E-state index in [-0.39, 0.29) is 6.10 Å². The first-order chi connectivity index (χ1) is 11.5. The monoisotopic (exact) mass is 344 g/mol. The summed E-state index contributed by atoms with van der Waals surface area (Å²) in [5.74, 6) is 2.44. The molecule has 0 aromatic rings. The van der Waals surface area contributed by atoms with Crippen molar-refractivity contribution in [1.82, 2.24) is 10.6 Å². The number of hydrogen-bond donors (Lipinski definition) is 5. The average Bonchev–Trinajstić information content (AvgIpc) is 2.57. The quantitative estimate of drug-likeness (QED) is 0.293. The molecule has 146 valence electrons. The molecule has 0 rings (SSSR count). The number of nitrogens with two attached hydrogens (primary N) is 2. The lowest BCUT2D eigenvalue weighted by Gasteiger charge is -2.21. The standard InChI is InChI=1S/C19H44N4O/c1-5-17(9-20)7-15(3)11-22-13-19(24)14-23-12-16(4)8-18(6-2)10-21/h15-19,22-24H,5-14,20-21H2,1-4H3. The van der Waals surface area contributed by atoms with Gasteiger partial charge in [-0.2, -0.15) is 0 Å². The lowest BCUT2D eigenvalue weighted by Crippen LogP contribution is -2.38. The van der Waals surface area contributed by atoms with Gasteiger partial charge in [0.15, 0.2) is 0 Å². The second kappa shape index (κ2) is 15.1. The van der Waals surface area contributed by atoms with Gasteiger partial charge < -0.3 is 27.2 Å². The topological polar surface area (TPSA) is 96.3 Å². The van der Waals surface area contributed by atoms with Gasteiger partial charge in [0.05, 0.1) is 6.10 Å². The van der Waals surface area contributed by atoms with E-state index in [1.165, 1.54) is 0 Å². The van der Waals surface area contributed by atoms with Gasteiger partial charge in [0.1, 0.15) is 0 Å². The minimum Gasteiger partial charge on any atom is -0.390 e. The van der Waals surface area contributed by atoms with Crippen LogP contribution in [0.5, 0.6) is 0 Å². The Morgan fingerprint density at radius 1 is 0.750 bits per heavy atom. The molecule has 4 atom stereocenters. The van der Waals surface area contributed by atoms with E-state index in [4.69, 9.17) is 11.5 Å². The first kappa shape index (κ1) is 23.8. The third-order valence-corrected chi connectivity index (χ3v) is 5.04. The van der Waals surface area contributed by atoms with Crippen LogP contribution in [-0.4, -0.2) is 50.5 Å². The summed E-state index contributed by atoms with van der Waals surface area (Å²) in [5, 5.41) is 16.8. The number of aliphatic hydroxyl groups is 1. The lowest BCUT2D eigenvalue weighted by atomic mass is 9.93. The van der Waals surface area contributed by atoms with E-state index in [9.17, 15) is 5.11 Å². The van der Waals surface area contributed by atoms with Crippen LogP contribution in [0.2, 0.25) is 0 Å². The molecule has 0 aliphatic carbocycles. The predicted molar refractivity (Wildman–Crippen MR) is 105 cm³/mol. The summed E-state index contributed by atoms with van der Waals surface area (Å²) >= 11 is 0. The lowest BCUT2D eigenvalue weighted by molar-refractivity contribution is 0.164. The smallest absolute Gasteiger partial charge is 0.0788 e. The van der Waals surface area contributed by atoms with E-state index < -0.39 is 0 Å². The van der Waals surface area contributed by atoms with Crippen LogP contribution in [0.4, 0.5) is 0 Å². The van der Waals surface area contributed by atoms with Crippen LogP contribution < -0.4 is 22.1 Å². The molecular weight excluding hydrogens is 300 g/mol. The van der Waals surface area contributed by atoms with Crippen LogP contribution in [-0.2, 0) is 0 Å². The number of hydrogen-bond acceptors (Lipinski definition) is 5. The molecule has 5 heteroatoms. The van der Waals surface area contributed by atoms with Crippen molar-refractivity contribution in [3.63, 3.8) is 0 Å². The van der Waals surface area contributed by atoms with E-state index in [1.54, 1.807) is 0 Å². The van der Waals surface area contributed by atoms with E-state index >= 15 is 0 Å². The molecular formula is C19H44N4O. The molecule has 0 aromatic heterocycles. The molecule has 0 bridgehead atoms. The number of nitrogens with one attached hydrogen (secondary N) is 2.